The number of pyridine rings is 1. The molecule has 4 heteroatoms. The summed E-state index contributed by atoms with van der Waals surface area (Å²) < 4.78 is 2.72. The minimum Gasteiger partial charge on any atom is -0.265 e. The second kappa shape index (κ2) is 2.55. The van der Waals surface area contributed by atoms with Crippen LogP contribution in [-0.4, -0.2) is 14.8 Å². The SMILES string of the molecule is Cc1nccc2c(Br)nn(C)c12. The second-order valence-electron chi connectivity index (χ2n) is 2.71. The molecule has 0 radical (unpaired) electrons. The standard InChI is InChI=1S/C8H8BrN3/c1-5-7-6(3-4-10-5)8(9)11-12(7)2/h3-4H,1-2H3. The van der Waals surface area contributed by atoms with Crippen molar-refractivity contribution < 1.29 is 0 Å². The van der Waals surface area contributed by atoms with Crippen molar-refractivity contribution in [2.45, 2.75) is 6.92 Å². The van der Waals surface area contributed by atoms with Gasteiger partial charge in [0.1, 0.15) is 4.60 Å². The summed E-state index contributed by atoms with van der Waals surface area (Å²) in [6.07, 6.45) is 1.80. The predicted octanol–water partition coefficient (Wildman–Crippen LogP) is 2.04. The van der Waals surface area contributed by atoms with Crippen LogP contribution in [0.15, 0.2) is 16.9 Å². The van der Waals surface area contributed by atoms with E-state index in [0.717, 1.165) is 21.2 Å². The van der Waals surface area contributed by atoms with E-state index in [0.29, 0.717) is 0 Å². The first-order valence-electron chi connectivity index (χ1n) is 3.64. The van der Waals surface area contributed by atoms with Gasteiger partial charge < -0.3 is 0 Å². The van der Waals surface area contributed by atoms with Crippen molar-refractivity contribution in [1.29, 1.82) is 0 Å². The first-order chi connectivity index (χ1) is 5.70. The van der Waals surface area contributed by atoms with Crippen LogP contribution in [0.5, 0.6) is 0 Å². The fraction of sp³-hybridized carbons (Fsp3) is 0.250. The Morgan fingerprint density at radius 1 is 1.50 bits per heavy atom. The molecule has 0 aliphatic heterocycles. The number of hydrogen-bond acceptors (Lipinski definition) is 2. The quantitative estimate of drug-likeness (QED) is 0.688. The van der Waals surface area contributed by atoms with Crippen LogP contribution in [0.25, 0.3) is 10.9 Å². The molecule has 0 N–H and O–H groups in total. The Bertz CT molecular complexity index is 433. The molecule has 2 aromatic rings. The molecule has 2 rings (SSSR count). The van der Waals surface area contributed by atoms with Crippen molar-refractivity contribution in [3.63, 3.8) is 0 Å². The lowest BCUT2D eigenvalue weighted by Gasteiger charge is -1.96. The average Bonchev–Trinajstić information content (AvgIpc) is 2.29. The normalized spacial score (nSPS) is 10.9. The van der Waals surface area contributed by atoms with Gasteiger partial charge in [0.15, 0.2) is 0 Å². The Labute approximate surface area is 78.5 Å². The van der Waals surface area contributed by atoms with Gasteiger partial charge in [-0.3, -0.25) is 9.67 Å². The molecule has 0 aliphatic carbocycles. The van der Waals surface area contributed by atoms with Crippen LogP contribution < -0.4 is 0 Å². The van der Waals surface area contributed by atoms with E-state index >= 15 is 0 Å². The van der Waals surface area contributed by atoms with Crippen molar-refractivity contribution in [3.8, 4) is 0 Å². The molecular weight excluding hydrogens is 218 g/mol. The molecule has 62 valence electrons. The molecule has 0 spiro atoms. The summed E-state index contributed by atoms with van der Waals surface area (Å²) in [7, 11) is 1.92. The van der Waals surface area contributed by atoms with Crippen molar-refractivity contribution in [1.82, 2.24) is 14.8 Å². The van der Waals surface area contributed by atoms with Crippen molar-refractivity contribution in [2.24, 2.45) is 7.05 Å². The zero-order valence-corrected chi connectivity index (χ0v) is 8.46. The van der Waals surface area contributed by atoms with E-state index in [1.807, 2.05) is 24.7 Å². The van der Waals surface area contributed by atoms with Gasteiger partial charge in [-0.15, -0.1) is 0 Å². The highest BCUT2D eigenvalue weighted by Gasteiger charge is 2.07. The molecule has 0 aliphatic rings. The molecule has 0 unspecified atom stereocenters. The fourth-order valence-electron chi connectivity index (χ4n) is 1.37. The molecule has 0 fully saturated rings. The van der Waals surface area contributed by atoms with Crippen molar-refractivity contribution in [3.05, 3.63) is 22.6 Å². The summed E-state index contributed by atoms with van der Waals surface area (Å²) in [5, 5.41) is 5.36. The minimum absolute atomic E-state index is 0.880. The Morgan fingerprint density at radius 3 is 2.92 bits per heavy atom. The van der Waals surface area contributed by atoms with E-state index < -0.39 is 0 Å². The Hall–Kier alpha value is -0.900. The third-order valence-electron chi connectivity index (χ3n) is 1.89. The molecule has 3 nitrogen and oxygen atoms in total. The van der Waals surface area contributed by atoms with Gasteiger partial charge >= 0.3 is 0 Å². The van der Waals surface area contributed by atoms with E-state index in [1.54, 1.807) is 6.20 Å². The lowest BCUT2D eigenvalue weighted by molar-refractivity contribution is 0.784. The molecule has 2 heterocycles. The summed E-state index contributed by atoms with van der Waals surface area (Å²) in [6, 6.07) is 1.96. The molecule has 2 aromatic heterocycles. The summed E-state index contributed by atoms with van der Waals surface area (Å²) in [5.41, 5.74) is 2.09. The number of aryl methyl sites for hydroxylation is 2. The van der Waals surface area contributed by atoms with Gasteiger partial charge in [-0.2, -0.15) is 5.10 Å². The van der Waals surface area contributed by atoms with Crippen LogP contribution in [0.2, 0.25) is 0 Å². The van der Waals surface area contributed by atoms with Gasteiger partial charge in [-0.05, 0) is 28.9 Å². The maximum absolute atomic E-state index is 4.24. The molecule has 0 saturated carbocycles. The largest absolute Gasteiger partial charge is 0.265 e. The molecule has 0 amide bonds. The Kier molecular flexibility index (Phi) is 1.65. The molecule has 0 aromatic carbocycles. The number of nitrogens with zero attached hydrogens (tertiary/aromatic N) is 3. The summed E-state index contributed by atoms with van der Waals surface area (Å²) in [4.78, 5) is 4.20. The van der Waals surface area contributed by atoms with E-state index in [4.69, 9.17) is 0 Å². The van der Waals surface area contributed by atoms with Gasteiger partial charge in [0.25, 0.3) is 0 Å². The first-order valence-corrected chi connectivity index (χ1v) is 4.43. The van der Waals surface area contributed by atoms with Gasteiger partial charge in [0.05, 0.1) is 11.2 Å². The van der Waals surface area contributed by atoms with E-state index in [-0.39, 0.29) is 0 Å². The predicted molar refractivity (Wildman–Crippen MR) is 50.9 cm³/mol. The minimum atomic E-state index is 0.880. The van der Waals surface area contributed by atoms with Crippen LogP contribution in [0.1, 0.15) is 5.69 Å². The van der Waals surface area contributed by atoms with Crippen LogP contribution >= 0.6 is 15.9 Å². The van der Waals surface area contributed by atoms with E-state index in [9.17, 15) is 0 Å². The highest BCUT2D eigenvalue weighted by Crippen LogP contribution is 2.23. The topological polar surface area (TPSA) is 30.7 Å². The van der Waals surface area contributed by atoms with Crippen LogP contribution in [0.4, 0.5) is 0 Å². The maximum atomic E-state index is 4.24. The highest BCUT2D eigenvalue weighted by molar-refractivity contribution is 9.10. The summed E-state index contributed by atoms with van der Waals surface area (Å²) in [5.74, 6) is 0. The lowest BCUT2D eigenvalue weighted by Crippen LogP contribution is -1.92. The zero-order chi connectivity index (χ0) is 8.72. The lowest BCUT2D eigenvalue weighted by atomic mass is 10.3. The summed E-state index contributed by atoms with van der Waals surface area (Å²) >= 11 is 3.39. The molecule has 12 heavy (non-hydrogen) atoms. The maximum Gasteiger partial charge on any atom is 0.136 e. The number of halogens is 1. The highest BCUT2D eigenvalue weighted by atomic mass is 79.9. The van der Waals surface area contributed by atoms with Gasteiger partial charge in [0.2, 0.25) is 0 Å². The van der Waals surface area contributed by atoms with Gasteiger partial charge in [-0.25, -0.2) is 0 Å². The van der Waals surface area contributed by atoms with E-state index in [1.165, 1.54) is 0 Å². The molecule has 0 atom stereocenters. The smallest absolute Gasteiger partial charge is 0.136 e. The Balaban J connectivity index is 2.99. The average molecular weight is 226 g/mol. The van der Waals surface area contributed by atoms with Crippen molar-refractivity contribution in [2.75, 3.05) is 0 Å². The molecule has 0 bridgehead atoms. The van der Waals surface area contributed by atoms with Crippen molar-refractivity contribution >= 4 is 26.8 Å². The van der Waals surface area contributed by atoms with Crippen LogP contribution in [0, 0.1) is 6.92 Å². The zero-order valence-electron chi connectivity index (χ0n) is 6.87. The number of aromatic nitrogens is 3. The summed E-state index contributed by atoms with van der Waals surface area (Å²) in [6.45, 7) is 1.98. The molecular formula is C8H8BrN3. The van der Waals surface area contributed by atoms with Crippen LogP contribution in [-0.2, 0) is 7.05 Å². The van der Waals surface area contributed by atoms with Gasteiger partial charge in [-0.1, -0.05) is 0 Å². The third-order valence-corrected chi connectivity index (χ3v) is 2.48. The monoisotopic (exact) mass is 225 g/mol. The first kappa shape index (κ1) is 7.73. The van der Waals surface area contributed by atoms with E-state index in [2.05, 4.69) is 26.0 Å². The second-order valence-corrected chi connectivity index (χ2v) is 3.46. The Morgan fingerprint density at radius 2 is 2.25 bits per heavy atom. The van der Waals surface area contributed by atoms with Gasteiger partial charge in [0, 0.05) is 18.6 Å². The number of rotatable bonds is 0. The number of fused-ring (bicyclic) bond motifs is 1. The molecule has 0 saturated heterocycles. The van der Waals surface area contributed by atoms with Crippen LogP contribution in [0.3, 0.4) is 0 Å². The third kappa shape index (κ3) is 0.948. The fourth-order valence-corrected chi connectivity index (χ4v) is 1.93. The number of hydrogen-bond donors (Lipinski definition) is 0.